The second-order valence-corrected chi connectivity index (χ2v) is 3.40. The highest BCUT2D eigenvalue weighted by atomic mass is 19.3. The van der Waals surface area contributed by atoms with Crippen LogP contribution < -0.4 is 0 Å². The Bertz CT molecular complexity index is 235. The van der Waals surface area contributed by atoms with Crippen molar-refractivity contribution >= 4 is 5.97 Å². The van der Waals surface area contributed by atoms with Gasteiger partial charge in [0.15, 0.2) is 0 Å². The fraction of sp³-hybridized carbons (Fsp3) is 0.875. The molecule has 0 radical (unpaired) electrons. The van der Waals surface area contributed by atoms with Crippen molar-refractivity contribution in [1.82, 2.24) is 0 Å². The molecule has 0 unspecified atom stereocenters. The monoisotopic (exact) mass is 210 g/mol. The van der Waals surface area contributed by atoms with E-state index in [2.05, 4.69) is 0 Å². The number of alkyl halides is 2. The predicted octanol–water partition coefficient (Wildman–Crippen LogP) is 0.636. The van der Waals surface area contributed by atoms with E-state index in [1.165, 1.54) is 0 Å². The Morgan fingerprint density at radius 3 is 2.50 bits per heavy atom. The van der Waals surface area contributed by atoms with E-state index in [1.807, 2.05) is 0 Å². The molecule has 14 heavy (non-hydrogen) atoms. The maximum absolute atomic E-state index is 12.9. The van der Waals surface area contributed by atoms with Crippen LogP contribution in [-0.2, 0) is 9.53 Å². The second kappa shape index (κ2) is 3.43. The Morgan fingerprint density at radius 1 is 1.64 bits per heavy atom. The number of rotatable bonds is 4. The third-order valence-corrected chi connectivity index (χ3v) is 2.39. The van der Waals surface area contributed by atoms with Gasteiger partial charge in [0.1, 0.15) is 5.60 Å². The third kappa shape index (κ3) is 1.59. The number of hydrogen-bond donors (Lipinski definition) is 2. The molecule has 1 rings (SSSR count). The van der Waals surface area contributed by atoms with Gasteiger partial charge in [-0.25, -0.2) is 4.79 Å². The number of aliphatic carboxylic acids is 1. The zero-order valence-electron chi connectivity index (χ0n) is 7.67. The van der Waals surface area contributed by atoms with E-state index < -0.39 is 23.6 Å². The lowest BCUT2D eigenvalue weighted by atomic mass is 9.73. The first kappa shape index (κ1) is 11.3. The summed E-state index contributed by atoms with van der Waals surface area (Å²) in [5.74, 6) is -6.39. The van der Waals surface area contributed by atoms with Crippen molar-refractivity contribution in [2.45, 2.75) is 37.4 Å². The molecular weight excluding hydrogens is 198 g/mol. The molecule has 0 heterocycles. The van der Waals surface area contributed by atoms with Crippen molar-refractivity contribution in [2.24, 2.45) is 0 Å². The maximum Gasteiger partial charge on any atom is 0.377 e. The Morgan fingerprint density at radius 2 is 2.14 bits per heavy atom. The third-order valence-electron chi connectivity index (χ3n) is 2.39. The lowest BCUT2D eigenvalue weighted by Gasteiger charge is -2.45. The molecule has 0 amide bonds. The van der Waals surface area contributed by atoms with Gasteiger partial charge in [0, 0.05) is 19.4 Å². The van der Waals surface area contributed by atoms with Crippen LogP contribution in [0.4, 0.5) is 8.78 Å². The minimum atomic E-state index is -4.10. The topological polar surface area (TPSA) is 66.8 Å². The maximum atomic E-state index is 12.9. The highest BCUT2D eigenvalue weighted by Crippen LogP contribution is 2.45. The van der Waals surface area contributed by atoms with E-state index in [-0.39, 0.29) is 12.8 Å². The molecule has 0 bridgehead atoms. The van der Waals surface area contributed by atoms with Crippen LogP contribution >= 0.6 is 0 Å². The van der Waals surface area contributed by atoms with E-state index in [4.69, 9.17) is 9.84 Å². The summed E-state index contributed by atoms with van der Waals surface area (Å²) in [6.45, 7) is 2.06. The summed E-state index contributed by atoms with van der Waals surface area (Å²) in [6, 6.07) is 0. The first-order valence-corrected chi connectivity index (χ1v) is 4.28. The minimum absolute atomic E-state index is 0.333. The summed E-state index contributed by atoms with van der Waals surface area (Å²) in [5.41, 5.74) is -2.45. The molecule has 0 aromatic carbocycles. The molecule has 6 heteroatoms. The Kier molecular flexibility index (Phi) is 2.78. The summed E-state index contributed by atoms with van der Waals surface area (Å²) in [7, 11) is 0. The number of halogens is 2. The SMILES string of the molecule is CCOC1CC(O)(C(F)(F)C(=O)O)C1. The van der Waals surface area contributed by atoms with E-state index in [0.29, 0.717) is 6.61 Å². The van der Waals surface area contributed by atoms with Gasteiger partial charge in [-0.1, -0.05) is 0 Å². The van der Waals surface area contributed by atoms with E-state index in [9.17, 15) is 18.7 Å². The van der Waals surface area contributed by atoms with Crippen LogP contribution in [0.25, 0.3) is 0 Å². The molecule has 1 aliphatic rings. The van der Waals surface area contributed by atoms with Gasteiger partial charge in [-0.3, -0.25) is 0 Å². The fourth-order valence-corrected chi connectivity index (χ4v) is 1.50. The summed E-state index contributed by atoms with van der Waals surface area (Å²) < 4.78 is 30.7. The van der Waals surface area contributed by atoms with E-state index in [0.717, 1.165) is 0 Å². The smallest absolute Gasteiger partial charge is 0.377 e. The second-order valence-electron chi connectivity index (χ2n) is 3.40. The predicted molar refractivity (Wildman–Crippen MR) is 42.2 cm³/mol. The van der Waals surface area contributed by atoms with Crippen LogP contribution in [0.2, 0.25) is 0 Å². The molecule has 0 saturated heterocycles. The van der Waals surface area contributed by atoms with Crippen LogP contribution in [0, 0.1) is 0 Å². The van der Waals surface area contributed by atoms with Gasteiger partial charge in [0.2, 0.25) is 0 Å². The van der Waals surface area contributed by atoms with E-state index >= 15 is 0 Å². The standard InChI is InChI=1S/C8H12F2O4/c1-2-14-5-3-7(13,4-5)8(9,10)6(11)12/h5,13H,2-4H2,1H3,(H,11,12). The zero-order chi connectivity index (χ0) is 11.0. The Balaban J connectivity index is 2.59. The van der Waals surface area contributed by atoms with Gasteiger partial charge >= 0.3 is 11.9 Å². The molecule has 2 N–H and O–H groups in total. The number of aliphatic hydroxyl groups is 1. The normalized spacial score (nSPS) is 32.4. The van der Waals surface area contributed by atoms with Gasteiger partial charge in [0.05, 0.1) is 6.10 Å². The molecule has 0 aliphatic heterocycles. The number of hydrogen-bond acceptors (Lipinski definition) is 3. The molecule has 0 aromatic rings. The molecule has 0 spiro atoms. The van der Waals surface area contributed by atoms with Crippen LogP contribution in [0.15, 0.2) is 0 Å². The molecule has 1 saturated carbocycles. The number of carbonyl (C=O) groups is 1. The zero-order valence-corrected chi connectivity index (χ0v) is 7.67. The van der Waals surface area contributed by atoms with Crippen LogP contribution in [-0.4, -0.2) is 40.4 Å². The number of ether oxygens (including phenoxy) is 1. The van der Waals surface area contributed by atoms with Crippen molar-refractivity contribution in [3.05, 3.63) is 0 Å². The lowest BCUT2D eigenvalue weighted by molar-refractivity contribution is -0.255. The number of carboxylic acid groups (broad SMARTS) is 1. The molecule has 1 fully saturated rings. The fourth-order valence-electron chi connectivity index (χ4n) is 1.50. The quantitative estimate of drug-likeness (QED) is 0.714. The van der Waals surface area contributed by atoms with Crippen molar-refractivity contribution in [3.8, 4) is 0 Å². The van der Waals surface area contributed by atoms with Gasteiger partial charge in [-0.15, -0.1) is 0 Å². The summed E-state index contributed by atoms with van der Waals surface area (Å²) >= 11 is 0. The van der Waals surface area contributed by atoms with Crippen molar-refractivity contribution in [3.63, 3.8) is 0 Å². The molecule has 82 valence electrons. The number of carboxylic acids is 1. The lowest BCUT2D eigenvalue weighted by Crippen LogP contribution is -2.63. The summed E-state index contributed by atoms with van der Waals surface area (Å²) in [4.78, 5) is 10.2. The average molecular weight is 210 g/mol. The Hall–Kier alpha value is -0.750. The van der Waals surface area contributed by atoms with Crippen LogP contribution in [0.1, 0.15) is 19.8 Å². The van der Waals surface area contributed by atoms with Crippen molar-refractivity contribution < 1.29 is 28.5 Å². The molecular formula is C8H12F2O4. The highest BCUT2D eigenvalue weighted by molar-refractivity contribution is 5.77. The van der Waals surface area contributed by atoms with Crippen LogP contribution in [0.3, 0.4) is 0 Å². The van der Waals surface area contributed by atoms with Gasteiger partial charge in [-0.2, -0.15) is 8.78 Å². The van der Waals surface area contributed by atoms with Crippen LogP contribution in [0.5, 0.6) is 0 Å². The highest BCUT2D eigenvalue weighted by Gasteiger charge is 2.65. The van der Waals surface area contributed by atoms with Crippen molar-refractivity contribution in [1.29, 1.82) is 0 Å². The first-order valence-electron chi connectivity index (χ1n) is 4.28. The minimum Gasteiger partial charge on any atom is -0.477 e. The summed E-state index contributed by atoms with van der Waals surface area (Å²) in [6.07, 6.45) is -1.13. The van der Waals surface area contributed by atoms with Crippen molar-refractivity contribution in [2.75, 3.05) is 6.61 Å². The Labute approximate surface area is 79.5 Å². The van der Waals surface area contributed by atoms with Gasteiger partial charge in [0.25, 0.3) is 0 Å². The largest absolute Gasteiger partial charge is 0.477 e. The first-order chi connectivity index (χ1) is 6.33. The molecule has 0 atom stereocenters. The molecule has 1 aliphatic carbocycles. The van der Waals surface area contributed by atoms with E-state index in [1.54, 1.807) is 6.92 Å². The van der Waals surface area contributed by atoms with Gasteiger partial charge < -0.3 is 14.9 Å². The molecule has 0 aromatic heterocycles. The van der Waals surface area contributed by atoms with Gasteiger partial charge in [-0.05, 0) is 6.92 Å². The average Bonchev–Trinajstić information content (AvgIpc) is 2.01. The molecule has 4 nitrogen and oxygen atoms in total. The summed E-state index contributed by atoms with van der Waals surface area (Å²) in [5, 5.41) is 17.5.